The number of rotatable bonds is 3. The topological polar surface area (TPSA) is 23.6 Å². The average Bonchev–Trinajstić information content (AvgIpc) is 2.35. The molecule has 68 valence electrons. The molecule has 1 heterocycles. The maximum atomic E-state index is 11.2. The third-order valence-electron chi connectivity index (χ3n) is 2.03. The van der Waals surface area contributed by atoms with E-state index in [0.717, 1.165) is 19.5 Å². The van der Waals surface area contributed by atoms with Crippen molar-refractivity contribution in [3.8, 4) is 0 Å². The Morgan fingerprint density at radius 1 is 1.50 bits per heavy atom. The highest BCUT2D eigenvalue weighted by molar-refractivity contribution is 5.77. The minimum Gasteiger partial charge on any atom is -0.273 e. The van der Waals surface area contributed by atoms with Crippen molar-refractivity contribution in [3.63, 3.8) is 0 Å². The molecule has 0 N–H and O–H groups in total. The minimum absolute atomic E-state index is 0.234. The summed E-state index contributed by atoms with van der Waals surface area (Å²) >= 11 is 0. The van der Waals surface area contributed by atoms with Crippen LogP contribution in [0.5, 0.6) is 0 Å². The highest BCUT2D eigenvalue weighted by Crippen LogP contribution is 2.08. The predicted molar refractivity (Wildman–Crippen MR) is 48.4 cm³/mol. The Kier molecular flexibility index (Phi) is 3.29. The number of carbonyl (C=O) groups excluding carboxylic acids is 1. The molecule has 1 aliphatic heterocycles. The van der Waals surface area contributed by atoms with Crippen molar-refractivity contribution >= 4 is 5.91 Å². The van der Waals surface area contributed by atoms with Gasteiger partial charge in [0.1, 0.15) is 0 Å². The van der Waals surface area contributed by atoms with Gasteiger partial charge >= 0.3 is 0 Å². The lowest BCUT2D eigenvalue weighted by molar-refractivity contribution is -0.135. The standard InChI is InChI=1S/C9H16N2O/c1-3-4-5-7-11-9(12)6-8-10(11)2/h4-5H,3,6-8H2,1-2H3/b5-4-. The van der Waals surface area contributed by atoms with E-state index >= 15 is 0 Å². The predicted octanol–water partition coefficient (Wildman–Crippen LogP) is 1.03. The summed E-state index contributed by atoms with van der Waals surface area (Å²) in [6.45, 7) is 3.67. The summed E-state index contributed by atoms with van der Waals surface area (Å²) < 4.78 is 0. The monoisotopic (exact) mass is 168 g/mol. The first-order valence-electron chi connectivity index (χ1n) is 4.42. The van der Waals surface area contributed by atoms with Crippen molar-refractivity contribution in [2.45, 2.75) is 19.8 Å². The molecule has 0 bridgehead atoms. The molecule has 0 radical (unpaired) electrons. The molecule has 1 aliphatic rings. The average molecular weight is 168 g/mol. The molecule has 12 heavy (non-hydrogen) atoms. The molecule has 1 fully saturated rings. The van der Waals surface area contributed by atoms with E-state index in [1.54, 1.807) is 5.01 Å². The third kappa shape index (κ3) is 2.08. The summed E-state index contributed by atoms with van der Waals surface area (Å²) in [5.41, 5.74) is 0. The fourth-order valence-corrected chi connectivity index (χ4v) is 1.28. The lowest BCUT2D eigenvalue weighted by Gasteiger charge is -2.22. The van der Waals surface area contributed by atoms with Gasteiger partial charge in [-0.05, 0) is 6.42 Å². The highest BCUT2D eigenvalue weighted by Gasteiger charge is 2.23. The maximum absolute atomic E-state index is 11.2. The normalized spacial score (nSPS) is 19.8. The molecule has 1 saturated heterocycles. The van der Waals surface area contributed by atoms with Gasteiger partial charge in [0.25, 0.3) is 0 Å². The first-order chi connectivity index (χ1) is 5.75. The van der Waals surface area contributed by atoms with Crippen LogP contribution in [0, 0.1) is 0 Å². The van der Waals surface area contributed by atoms with Crippen molar-refractivity contribution in [2.24, 2.45) is 0 Å². The van der Waals surface area contributed by atoms with E-state index in [1.165, 1.54) is 0 Å². The molecule has 1 rings (SSSR count). The molecule has 3 nitrogen and oxygen atoms in total. The second-order valence-corrected chi connectivity index (χ2v) is 2.99. The SMILES string of the molecule is CC/C=C\CN1C(=O)CCN1C. The molecular formula is C9H16N2O. The number of allylic oxidation sites excluding steroid dienone is 1. The van der Waals surface area contributed by atoms with Crippen molar-refractivity contribution < 1.29 is 4.79 Å². The van der Waals surface area contributed by atoms with Crippen LogP contribution in [0.3, 0.4) is 0 Å². The number of nitrogens with zero attached hydrogens (tertiary/aromatic N) is 2. The van der Waals surface area contributed by atoms with Gasteiger partial charge in [0.05, 0.1) is 6.54 Å². The maximum Gasteiger partial charge on any atom is 0.238 e. The summed E-state index contributed by atoms with van der Waals surface area (Å²) in [5, 5.41) is 3.76. The van der Waals surface area contributed by atoms with Crippen molar-refractivity contribution in [1.82, 2.24) is 10.0 Å². The second-order valence-electron chi connectivity index (χ2n) is 2.99. The van der Waals surface area contributed by atoms with E-state index in [-0.39, 0.29) is 5.91 Å². The molecular weight excluding hydrogens is 152 g/mol. The summed E-state index contributed by atoms with van der Waals surface area (Å²) in [6.07, 6.45) is 5.82. The van der Waals surface area contributed by atoms with Crippen LogP contribution in [-0.4, -0.2) is 36.1 Å². The van der Waals surface area contributed by atoms with E-state index < -0.39 is 0 Å². The van der Waals surface area contributed by atoms with E-state index in [0.29, 0.717) is 6.42 Å². The van der Waals surface area contributed by atoms with E-state index in [4.69, 9.17) is 0 Å². The smallest absolute Gasteiger partial charge is 0.238 e. The van der Waals surface area contributed by atoms with Crippen LogP contribution in [0.25, 0.3) is 0 Å². The molecule has 0 aromatic carbocycles. The Morgan fingerprint density at radius 2 is 2.25 bits per heavy atom. The number of carbonyl (C=O) groups is 1. The van der Waals surface area contributed by atoms with E-state index in [9.17, 15) is 4.79 Å². The molecule has 0 atom stereocenters. The zero-order valence-electron chi connectivity index (χ0n) is 7.79. The first kappa shape index (κ1) is 9.26. The molecule has 1 amide bonds. The molecule has 3 heteroatoms. The Hall–Kier alpha value is -0.830. The van der Waals surface area contributed by atoms with Gasteiger partial charge in [-0.1, -0.05) is 19.1 Å². The van der Waals surface area contributed by atoms with Crippen molar-refractivity contribution in [3.05, 3.63) is 12.2 Å². The van der Waals surface area contributed by atoms with Crippen LogP contribution < -0.4 is 0 Å². The van der Waals surface area contributed by atoms with E-state index in [1.807, 2.05) is 18.1 Å². The van der Waals surface area contributed by atoms with Gasteiger partial charge in [-0.3, -0.25) is 9.80 Å². The zero-order chi connectivity index (χ0) is 8.97. The van der Waals surface area contributed by atoms with Crippen molar-refractivity contribution in [1.29, 1.82) is 0 Å². The first-order valence-corrected chi connectivity index (χ1v) is 4.42. The Labute approximate surface area is 73.6 Å². The molecule has 0 unspecified atom stereocenters. The summed E-state index contributed by atoms with van der Waals surface area (Å²) in [6, 6.07) is 0. The summed E-state index contributed by atoms with van der Waals surface area (Å²) in [7, 11) is 1.95. The van der Waals surface area contributed by atoms with Crippen molar-refractivity contribution in [2.75, 3.05) is 20.1 Å². The molecule has 0 aromatic heterocycles. The van der Waals surface area contributed by atoms with Crippen LogP contribution in [0.1, 0.15) is 19.8 Å². The zero-order valence-corrected chi connectivity index (χ0v) is 7.79. The largest absolute Gasteiger partial charge is 0.273 e. The van der Waals surface area contributed by atoms with Gasteiger partial charge in [0.15, 0.2) is 0 Å². The Balaban J connectivity index is 2.39. The lowest BCUT2D eigenvalue weighted by Crippen LogP contribution is -2.36. The molecule has 0 aliphatic carbocycles. The van der Waals surface area contributed by atoms with Gasteiger partial charge in [-0.15, -0.1) is 0 Å². The molecule has 0 saturated carbocycles. The van der Waals surface area contributed by atoms with Gasteiger partial charge in [0.2, 0.25) is 5.91 Å². The van der Waals surface area contributed by atoms with Crippen LogP contribution in [0.4, 0.5) is 0 Å². The summed E-state index contributed by atoms with van der Waals surface area (Å²) in [5.74, 6) is 0.234. The molecule has 0 aromatic rings. The lowest BCUT2D eigenvalue weighted by atomic mass is 10.4. The molecule has 0 spiro atoms. The number of hydrogen-bond donors (Lipinski definition) is 0. The van der Waals surface area contributed by atoms with Gasteiger partial charge < -0.3 is 0 Å². The van der Waals surface area contributed by atoms with Crippen LogP contribution in [0.2, 0.25) is 0 Å². The Morgan fingerprint density at radius 3 is 2.75 bits per heavy atom. The van der Waals surface area contributed by atoms with E-state index in [2.05, 4.69) is 13.0 Å². The van der Waals surface area contributed by atoms with Gasteiger partial charge in [0, 0.05) is 20.0 Å². The van der Waals surface area contributed by atoms with Gasteiger partial charge in [-0.2, -0.15) is 0 Å². The fraction of sp³-hybridized carbons (Fsp3) is 0.667. The summed E-state index contributed by atoms with van der Waals surface area (Å²) in [4.78, 5) is 11.2. The number of hydrogen-bond acceptors (Lipinski definition) is 2. The quantitative estimate of drug-likeness (QED) is 0.588. The number of hydrazine groups is 1. The van der Waals surface area contributed by atoms with Crippen LogP contribution in [-0.2, 0) is 4.79 Å². The van der Waals surface area contributed by atoms with Crippen LogP contribution in [0.15, 0.2) is 12.2 Å². The Bertz CT molecular complexity index is 189. The van der Waals surface area contributed by atoms with Gasteiger partial charge in [-0.25, -0.2) is 5.01 Å². The third-order valence-corrected chi connectivity index (χ3v) is 2.03. The fourth-order valence-electron chi connectivity index (χ4n) is 1.28. The van der Waals surface area contributed by atoms with Crippen LogP contribution >= 0.6 is 0 Å². The minimum atomic E-state index is 0.234. The second kappa shape index (κ2) is 4.26. The number of amides is 1. The highest BCUT2D eigenvalue weighted by atomic mass is 16.2.